The number of amides is 1. The van der Waals surface area contributed by atoms with E-state index in [-0.39, 0.29) is 32.4 Å². The number of sulfone groups is 1. The van der Waals surface area contributed by atoms with Crippen molar-refractivity contribution in [2.75, 3.05) is 5.32 Å². The normalized spacial score (nSPS) is 12.6. The number of H-pyrrole nitrogens is 2. The van der Waals surface area contributed by atoms with Crippen LogP contribution in [0.4, 0.5) is 10.1 Å². The van der Waals surface area contributed by atoms with E-state index in [0.29, 0.717) is 35.6 Å². The number of carbonyl (C=O) groups is 1. The minimum Gasteiger partial charge on any atom is -0.336 e. The van der Waals surface area contributed by atoms with Crippen molar-refractivity contribution in [3.05, 3.63) is 107 Å². The number of benzene rings is 2. The molecule has 10 nitrogen and oxygen atoms in total. The summed E-state index contributed by atoms with van der Waals surface area (Å²) < 4.78 is 41.4. The van der Waals surface area contributed by atoms with Gasteiger partial charge in [0.15, 0.2) is 15.5 Å². The van der Waals surface area contributed by atoms with Crippen LogP contribution in [0.3, 0.4) is 0 Å². The summed E-state index contributed by atoms with van der Waals surface area (Å²) >= 11 is 7.26. The van der Waals surface area contributed by atoms with Crippen molar-refractivity contribution in [2.24, 2.45) is 0 Å². The van der Waals surface area contributed by atoms with Gasteiger partial charge in [-0.15, -0.1) is 11.3 Å². The lowest BCUT2D eigenvalue weighted by molar-refractivity contribution is 0.103. The first-order chi connectivity index (χ1) is 21.4. The quantitative estimate of drug-likeness (QED) is 0.160. The number of halogens is 2. The fourth-order valence-electron chi connectivity index (χ4n) is 4.92. The van der Waals surface area contributed by atoms with Gasteiger partial charge in [-0.2, -0.15) is 0 Å². The molecule has 0 radical (unpaired) electrons. The molecule has 0 saturated carbocycles. The van der Waals surface area contributed by atoms with E-state index >= 15 is 0 Å². The van der Waals surface area contributed by atoms with Crippen LogP contribution in [0, 0.1) is 5.82 Å². The second-order valence-electron chi connectivity index (χ2n) is 10.8. The number of aromatic amines is 2. The Hall–Kier alpha value is -4.07. The number of thiophene rings is 1. The van der Waals surface area contributed by atoms with Crippen molar-refractivity contribution < 1.29 is 17.6 Å². The maximum absolute atomic E-state index is 14.8. The number of aromatic nitrogens is 4. The first-order valence-corrected chi connectivity index (χ1v) is 17.1. The van der Waals surface area contributed by atoms with Crippen LogP contribution in [0.25, 0.3) is 11.2 Å². The molecule has 5 rings (SSSR count). The summed E-state index contributed by atoms with van der Waals surface area (Å²) in [6, 6.07) is 13.2. The van der Waals surface area contributed by atoms with Gasteiger partial charge in [0.2, 0.25) is 0 Å². The molecule has 1 unspecified atom stereocenters. The summed E-state index contributed by atoms with van der Waals surface area (Å²) in [4.78, 5) is 48.4. The Kier molecular flexibility index (Phi) is 9.42. The van der Waals surface area contributed by atoms with Gasteiger partial charge in [0, 0.05) is 23.5 Å². The number of carbonyl (C=O) groups excluding carboxylic acids is 1. The van der Waals surface area contributed by atoms with Crippen LogP contribution in [0.15, 0.2) is 68.4 Å². The Morgan fingerprint density at radius 2 is 1.82 bits per heavy atom. The van der Waals surface area contributed by atoms with E-state index in [1.807, 2.05) is 6.92 Å². The molecule has 0 spiro atoms. The van der Waals surface area contributed by atoms with Crippen molar-refractivity contribution in [3.8, 4) is 0 Å². The van der Waals surface area contributed by atoms with E-state index in [1.54, 1.807) is 56.3 Å². The SMILES string of the molecule is CCCCn1c(=O)[nH]c(=O)c2[nH]c(C(Cc3ccccc3F)c3ccc(NC(=O)c4scc(S(=O)(=O)C(C)C)c4Cl)cc3)nc21. The molecule has 1 atom stereocenters. The maximum Gasteiger partial charge on any atom is 0.330 e. The van der Waals surface area contributed by atoms with Gasteiger partial charge < -0.3 is 10.3 Å². The number of hydrogen-bond acceptors (Lipinski definition) is 7. The number of anilines is 1. The Morgan fingerprint density at radius 3 is 2.49 bits per heavy atom. The Bertz CT molecular complexity index is 2100. The number of hydrogen-bond donors (Lipinski definition) is 3. The average molecular weight is 672 g/mol. The van der Waals surface area contributed by atoms with Crippen molar-refractivity contribution in [1.29, 1.82) is 0 Å². The second-order valence-corrected chi connectivity index (χ2v) is 14.6. The van der Waals surface area contributed by atoms with Crippen LogP contribution < -0.4 is 16.6 Å². The highest BCUT2D eigenvalue weighted by atomic mass is 35.5. The molecule has 3 N–H and O–H groups in total. The number of nitrogens with one attached hydrogen (secondary N) is 3. The minimum absolute atomic E-state index is 0.0685. The van der Waals surface area contributed by atoms with E-state index in [2.05, 4.69) is 20.3 Å². The standard InChI is InChI=1S/C31H31ClFN5O5S2/c1-4-5-14-38-28-25(29(39)37-31(38)41)35-27(36-28)21(15-19-8-6-7-9-22(19)33)18-10-12-20(13-11-18)34-30(40)26-24(32)23(16-44-26)45(42,43)17(2)3/h6-13,16-17,21H,4-5,14-15H2,1-3H3,(H,34,40)(H,35,36)(H,37,39,41). The van der Waals surface area contributed by atoms with Gasteiger partial charge in [-0.1, -0.05) is 55.3 Å². The molecule has 0 bridgehead atoms. The first kappa shape index (κ1) is 32.3. The smallest absolute Gasteiger partial charge is 0.330 e. The van der Waals surface area contributed by atoms with E-state index in [4.69, 9.17) is 11.6 Å². The minimum atomic E-state index is -3.66. The van der Waals surface area contributed by atoms with Crippen molar-refractivity contribution in [3.63, 3.8) is 0 Å². The summed E-state index contributed by atoms with van der Waals surface area (Å²) in [6.45, 7) is 5.44. The summed E-state index contributed by atoms with van der Waals surface area (Å²) in [7, 11) is -3.66. The molecular formula is C31H31ClFN5O5S2. The van der Waals surface area contributed by atoms with Crippen LogP contribution >= 0.6 is 22.9 Å². The number of unbranched alkanes of at least 4 members (excludes halogenated alkanes) is 1. The van der Waals surface area contributed by atoms with Crippen molar-refractivity contribution in [1.82, 2.24) is 19.5 Å². The topological polar surface area (TPSA) is 147 Å². The molecule has 45 heavy (non-hydrogen) atoms. The number of aryl methyl sites for hydroxylation is 1. The summed E-state index contributed by atoms with van der Waals surface area (Å²) in [5.41, 5.74) is 0.771. The molecule has 14 heteroatoms. The van der Waals surface area contributed by atoms with Crippen molar-refractivity contribution >= 4 is 55.5 Å². The van der Waals surface area contributed by atoms with Gasteiger partial charge in [0.1, 0.15) is 22.0 Å². The van der Waals surface area contributed by atoms with Gasteiger partial charge >= 0.3 is 5.69 Å². The number of fused-ring (bicyclic) bond motifs is 1. The molecule has 2 aromatic carbocycles. The van der Waals surface area contributed by atoms with E-state index in [0.717, 1.165) is 17.8 Å². The molecule has 3 heterocycles. The highest BCUT2D eigenvalue weighted by Crippen LogP contribution is 2.35. The summed E-state index contributed by atoms with van der Waals surface area (Å²) in [5.74, 6) is -1.14. The number of rotatable bonds is 11. The van der Waals surface area contributed by atoms with E-state index in [1.165, 1.54) is 16.0 Å². The third-order valence-corrected chi connectivity index (χ3v) is 11.4. The molecule has 0 fully saturated rings. The van der Waals surface area contributed by atoms with Crippen LogP contribution in [-0.4, -0.2) is 39.1 Å². The van der Waals surface area contributed by atoms with Gasteiger partial charge in [0.05, 0.1) is 15.2 Å². The van der Waals surface area contributed by atoms with Crippen LogP contribution in [0.2, 0.25) is 5.02 Å². The Morgan fingerprint density at radius 1 is 1.11 bits per heavy atom. The lowest BCUT2D eigenvalue weighted by atomic mass is 9.91. The number of imidazole rings is 1. The first-order valence-electron chi connectivity index (χ1n) is 14.3. The lowest BCUT2D eigenvalue weighted by Gasteiger charge is -2.17. The highest BCUT2D eigenvalue weighted by molar-refractivity contribution is 7.92. The number of nitrogens with zero attached hydrogens (tertiary/aromatic N) is 2. The molecule has 1 amide bonds. The molecule has 0 aliphatic rings. The third-order valence-electron chi connectivity index (χ3n) is 7.50. The van der Waals surface area contributed by atoms with Gasteiger partial charge in [-0.25, -0.2) is 22.6 Å². The zero-order chi connectivity index (χ0) is 32.5. The molecular weight excluding hydrogens is 641 g/mol. The van der Waals surface area contributed by atoms with Gasteiger partial charge in [-0.3, -0.25) is 19.1 Å². The molecule has 3 aromatic heterocycles. The van der Waals surface area contributed by atoms with E-state index < -0.39 is 44.0 Å². The Labute approximate surface area is 267 Å². The fraction of sp³-hybridized carbons (Fsp3) is 0.290. The van der Waals surface area contributed by atoms with E-state index in [9.17, 15) is 27.2 Å². The zero-order valence-electron chi connectivity index (χ0n) is 24.7. The van der Waals surface area contributed by atoms with Gasteiger partial charge in [0.25, 0.3) is 11.5 Å². The van der Waals surface area contributed by atoms with Gasteiger partial charge in [-0.05, 0) is 56.0 Å². The fourth-order valence-corrected chi connectivity index (χ4v) is 7.90. The largest absolute Gasteiger partial charge is 0.336 e. The molecule has 5 aromatic rings. The Balaban J connectivity index is 1.49. The lowest BCUT2D eigenvalue weighted by Crippen LogP contribution is -2.30. The van der Waals surface area contributed by atoms with Crippen LogP contribution in [0.1, 0.15) is 66.2 Å². The maximum atomic E-state index is 14.8. The molecule has 0 aliphatic heterocycles. The second kappa shape index (κ2) is 13.1. The summed E-state index contributed by atoms with van der Waals surface area (Å²) in [6.07, 6.45) is 1.73. The predicted molar refractivity (Wildman–Crippen MR) is 174 cm³/mol. The van der Waals surface area contributed by atoms with Crippen LogP contribution in [0.5, 0.6) is 0 Å². The average Bonchev–Trinajstić information content (AvgIpc) is 3.62. The third kappa shape index (κ3) is 6.51. The molecule has 236 valence electrons. The highest BCUT2D eigenvalue weighted by Gasteiger charge is 2.28. The van der Waals surface area contributed by atoms with Crippen LogP contribution in [-0.2, 0) is 22.8 Å². The summed E-state index contributed by atoms with van der Waals surface area (Å²) in [5, 5.41) is 3.29. The van der Waals surface area contributed by atoms with Crippen molar-refractivity contribution in [2.45, 2.75) is 62.6 Å². The predicted octanol–water partition coefficient (Wildman–Crippen LogP) is 5.88. The monoisotopic (exact) mass is 671 g/mol. The molecule has 0 saturated heterocycles. The zero-order valence-corrected chi connectivity index (χ0v) is 27.1. The molecule has 0 aliphatic carbocycles.